The number of imide groups is 2. The Hall–Kier alpha value is -3.87. The largest absolute Gasteiger partial charge is 0.492 e. The molecule has 2 aromatic carbocycles. The van der Waals surface area contributed by atoms with E-state index in [1.807, 2.05) is 60.8 Å². The topological polar surface area (TPSA) is 80.6 Å². The van der Waals surface area contributed by atoms with E-state index in [0.29, 0.717) is 13.2 Å². The van der Waals surface area contributed by atoms with Crippen LogP contribution in [0.15, 0.2) is 66.4 Å². The molecule has 0 atom stereocenters. The van der Waals surface area contributed by atoms with Crippen LogP contribution in [0.4, 0.5) is 4.79 Å². The third-order valence-corrected chi connectivity index (χ3v) is 6.54. The standard InChI is InChI=1S/C27H27N3O4/c31-25-23(26(32)30(27(33)28-25)20-9-3-1-4-10-20)17-19-18-29(24-14-8-7-13-22(19)24)15-16-34-21-11-5-2-6-12-21/h2,5-8,11-14,17-18,20H,1,3-4,9-10,15-16H2,(H,28,31,33)/b23-17+. The Kier molecular flexibility index (Phi) is 6.16. The number of carbonyl (C=O) groups is 3. The first kappa shape index (κ1) is 21.9. The van der Waals surface area contributed by atoms with Crippen LogP contribution in [-0.2, 0) is 16.1 Å². The maximum atomic E-state index is 13.3. The zero-order valence-electron chi connectivity index (χ0n) is 18.9. The SMILES string of the molecule is O=C1NC(=O)N(C2CCCCC2)C(=O)/C1=C/c1cn(CCOc2ccccc2)c2ccccc12. The third kappa shape index (κ3) is 4.33. The van der Waals surface area contributed by atoms with Crippen LogP contribution in [0.25, 0.3) is 17.0 Å². The highest BCUT2D eigenvalue weighted by Crippen LogP contribution is 2.28. The van der Waals surface area contributed by atoms with E-state index in [4.69, 9.17) is 4.74 Å². The summed E-state index contributed by atoms with van der Waals surface area (Å²) in [7, 11) is 0. The van der Waals surface area contributed by atoms with Crippen molar-refractivity contribution in [2.75, 3.05) is 6.61 Å². The fourth-order valence-electron chi connectivity index (χ4n) is 4.85. The van der Waals surface area contributed by atoms with Gasteiger partial charge < -0.3 is 9.30 Å². The molecule has 0 bridgehead atoms. The second-order valence-corrected chi connectivity index (χ2v) is 8.74. The van der Waals surface area contributed by atoms with Crippen LogP contribution in [0, 0.1) is 0 Å². The maximum Gasteiger partial charge on any atom is 0.331 e. The zero-order chi connectivity index (χ0) is 23.5. The minimum atomic E-state index is -0.647. The van der Waals surface area contributed by atoms with Crippen LogP contribution in [-0.4, -0.2) is 40.0 Å². The molecule has 2 fully saturated rings. The van der Waals surface area contributed by atoms with Crippen molar-refractivity contribution >= 4 is 34.8 Å². The normalized spacial score (nSPS) is 18.5. The fraction of sp³-hybridized carbons (Fsp3) is 0.296. The van der Waals surface area contributed by atoms with E-state index >= 15 is 0 Å². The molecule has 1 saturated heterocycles. The van der Waals surface area contributed by atoms with Crippen molar-refractivity contribution in [2.45, 2.75) is 44.7 Å². The van der Waals surface area contributed by atoms with Crippen LogP contribution < -0.4 is 10.1 Å². The van der Waals surface area contributed by atoms with E-state index in [2.05, 4.69) is 9.88 Å². The van der Waals surface area contributed by atoms with Gasteiger partial charge in [-0.1, -0.05) is 55.7 Å². The first-order chi connectivity index (χ1) is 16.6. The molecule has 34 heavy (non-hydrogen) atoms. The van der Waals surface area contributed by atoms with Crippen LogP contribution in [0.5, 0.6) is 5.75 Å². The number of fused-ring (bicyclic) bond motifs is 1. The van der Waals surface area contributed by atoms with Gasteiger partial charge in [0.15, 0.2) is 0 Å². The number of nitrogens with one attached hydrogen (secondary N) is 1. The van der Waals surface area contributed by atoms with Crippen molar-refractivity contribution in [3.63, 3.8) is 0 Å². The Bertz CT molecular complexity index is 1260. The predicted octanol–water partition coefficient (Wildman–Crippen LogP) is 4.51. The van der Waals surface area contributed by atoms with E-state index in [1.165, 1.54) is 4.90 Å². The minimum absolute atomic E-state index is 0.00591. The van der Waals surface area contributed by atoms with Crippen molar-refractivity contribution in [2.24, 2.45) is 0 Å². The molecule has 1 aliphatic carbocycles. The molecular weight excluding hydrogens is 430 g/mol. The number of amides is 4. The second-order valence-electron chi connectivity index (χ2n) is 8.74. The Morgan fingerprint density at radius 2 is 1.68 bits per heavy atom. The Labute approximate surface area is 198 Å². The lowest BCUT2D eigenvalue weighted by Crippen LogP contribution is -2.58. The summed E-state index contributed by atoms with van der Waals surface area (Å²) in [6, 6.07) is 16.7. The molecule has 4 amide bonds. The van der Waals surface area contributed by atoms with Gasteiger partial charge in [0, 0.05) is 28.7 Å². The molecule has 1 aliphatic heterocycles. The van der Waals surface area contributed by atoms with Crippen molar-refractivity contribution in [3.8, 4) is 5.75 Å². The Morgan fingerprint density at radius 3 is 2.47 bits per heavy atom. The molecule has 7 heteroatoms. The van der Waals surface area contributed by atoms with Gasteiger partial charge in [-0.2, -0.15) is 0 Å². The van der Waals surface area contributed by atoms with E-state index in [0.717, 1.165) is 54.3 Å². The highest BCUT2D eigenvalue weighted by atomic mass is 16.5. The molecule has 7 nitrogen and oxygen atoms in total. The van der Waals surface area contributed by atoms with Gasteiger partial charge in [-0.15, -0.1) is 0 Å². The molecule has 0 spiro atoms. The summed E-state index contributed by atoms with van der Waals surface area (Å²) >= 11 is 0. The number of nitrogens with zero attached hydrogens (tertiary/aromatic N) is 2. The minimum Gasteiger partial charge on any atom is -0.492 e. The van der Waals surface area contributed by atoms with Gasteiger partial charge in [0.25, 0.3) is 11.8 Å². The van der Waals surface area contributed by atoms with Gasteiger partial charge in [-0.25, -0.2) is 4.79 Å². The average molecular weight is 458 g/mol. The molecule has 0 unspecified atom stereocenters. The smallest absolute Gasteiger partial charge is 0.331 e. The molecule has 3 aromatic rings. The number of aromatic nitrogens is 1. The second kappa shape index (κ2) is 9.55. The van der Waals surface area contributed by atoms with Crippen molar-refractivity contribution in [1.82, 2.24) is 14.8 Å². The maximum absolute atomic E-state index is 13.3. The van der Waals surface area contributed by atoms with Gasteiger partial charge in [0.1, 0.15) is 17.9 Å². The van der Waals surface area contributed by atoms with Crippen molar-refractivity contribution in [3.05, 3.63) is 71.9 Å². The molecule has 0 radical (unpaired) electrons. The van der Waals surface area contributed by atoms with E-state index in [-0.39, 0.29) is 11.6 Å². The predicted molar refractivity (Wildman–Crippen MR) is 129 cm³/mol. The number of barbiturate groups is 1. The van der Waals surface area contributed by atoms with Gasteiger partial charge in [0.2, 0.25) is 0 Å². The lowest BCUT2D eigenvalue weighted by Gasteiger charge is -2.35. The number of urea groups is 1. The summed E-state index contributed by atoms with van der Waals surface area (Å²) in [6.45, 7) is 1.08. The highest BCUT2D eigenvalue weighted by Gasteiger charge is 2.40. The number of hydrogen-bond acceptors (Lipinski definition) is 4. The molecule has 2 aliphatic rings. The number of benzene rings is 2. The molecule has 5 rings (SSSR count). The number of hydrogen-bond donors (Lipinski definition) is 1. The molecule has 1 saturated carbocycles. The number of carbonyl (C=O) groups excluding carboxylic acids is 3. The lowest BCUT2D eigenvalue weighted by molar-refractivity contribution is -0.132. The van der Waals surface area contributed by atoms with Gasteiger partial charge >= 0.3 is 6.03 Å². The van der Waals surface area contributed by atoms with Crippen molar-refractivity contribution < 1.29 is 19.1 Å². The Balaban J connectivity index is 1.42. The summed E-state index contributed by atoms with van der Waals surface area (Å²) in [5.41, 5.74) is 1.73. The van der Waals surface area contributed by atoms with Crippen molar-refractivity contribution in [1.29, 1.82) is 0 Å². The summed E-state index contributed by atoms with van der Waals surface area (Å²) in [4.78, 5) is 39.7. The highest BCUT2D eigenvalue weighted by molar-refractivity contribution is 6.31. The summed E-state index contributed by atoms with van der Waals surface area (Å²) in [6.07, 6.45) is 8.16. The van der Waals surface area contributed by atoms with Crippen LogP contribution in [0.1, 0.15) is 37.7 Å². The van der Waals surface area contributed by atoms with Gasteiger partial charge in [-0.05, 0) is 37.1 Å². The lowest BCUT2D eigenvalue weighted by atomic mass is 9.93. The number of para-hydroxylation sites is 2. The number of ether oxygens (including phenoxy) is 1. The molecule has 2 heterocycles. The van der Waals surface area contributed by atoms with Gasteiger partial charge in [-0.3, -0.25) is 19.8 Å². The Morgan fingerprint density at radius 1 is 0.941 bits per heavy atom. The third-order valence-electron chi connectivity index (χ3n) is 6.54. The van der Waals surface area contributed by atoms with E-state index in [1.54, 1.807) is 6.08 Å². The number of rotatable bonds is 6. The zero-order valence-corrected chi connectivity index (χ0v) is 18.9. The van der Waals surface area contributed by atoms with E-state index < -0.39 is 17.8 Å². The monoisotopic (exact) mass is 457 g/mol. The fourth-order valence-corrected chi connectivity index (χ4v) is 4.85. The first-order valence-corrected chi connectivity index (χ1v) is 11.8. The van der Waals surface area contributed by atoms with E-state index in [9.17, 15) is 14.4 Å². The quantitative estimate of drug-likeness (QED) is 0.436. The van der Waals surface area contributed by atoms with Gasteiger partial charge in [0.05, 0.1) is 6.54 Å². The van der Waals surface area contributed by atoms with Crippen LogP contribution in [0.2, 0.25) is 0 Å². The molecular formula is C27H27N3O4. The molecule has 174 valence electrons. The average Bonchev–Trinajstić information content (AvgIpc) is 3.20. The van der Waals surface area contributed by atoms with Crippen LogP contribution >= 0.6 is 0 Å². The first-order valence-electron chi connectivity index (χ1n) is 11.8. The summed E-state index contributed by atoms with van der Waals surface area (Å²) in [5.74, 6) is -0.352. The molecule has 1 N–H and O–H groups in total. The molecule has 1 aromatic heterocycles. The summed E-state index contributed by atoms with van der Waals surface area (Å²) in [5, 5.41) is 3.29. The summed E-state index contributed by atoms with van der Waals surface area (Å²) < 4.78 is 7.90. The van der Waals surface area contributed by atoms with Crippen LogP contribution in [0.3, 0.4) is 0 Å².